The lowest BCUT2D eigenvalue weighted by Crippen LogP contribution is -2.49. The van der Waals surface area contributed by atoms with Crippen molar-refractivity contribution in [3.05, 3.63) is 65.9 Å². The van der Waals surface area contributed by atoms with Crippen LogP contribution in [0.15, 0.2) is 53.4 Å². The van der Waals surface area contributed by atoms with E-state index in [1.807, 2.05) is 23.1 Å². The average Bonchev–Trinajstić information content (AvgIpc) is 3.26. The minimum Gasteiger partial charge on any atom is -0.459 e. The number of nitrogens with zero attached hydrogens (tertiary/aromatic N) is 4. The molecule has 1 aromatic carbocycles. The van der Waals surface area contributed by atoms with Gasteiger partial charge in [-0.05, 0) is 43.2 Å². The molecule has 0 unspecified atom stereocenters. The first-order valence-corrected chi connectivity index (χ1v) is 9.35. The molecular formula is C21H23N5O2. The van der Waals surface area contributed by atoms with E-state index in [9.17, 15) is 4.79 Å². The molecule has 4 rings (SSSR count). The van der Waals surface area contributed by atoms with E-state index in [1.165, 1.54) is 17.4 Å². The topological polar surface area (TPSA) is 74.5 Å². The summed E-state index contributed by atoms with van der Waals surface area (Å²) in [5, 5.41) is 3.38. The number of carbonyl (C=O) groups excluding carboxylic acids is 1. The fraction of sp³-hybridized carbons (Fsp3) is 0.286. The average molecular weight is 377 g/mol. The second-order valence-electron chi connectivity index (χ2n) is 6.89. The molecule has 0 saturated carbocycles. The van der Waals surface area contributed by atoms with Crippen LogP contribution in [0.1, 0.15) is 21.7 Å². The lowest BCUT2D eigenvalue weighted by Gasteiger charge is -2.35. The van der Waals surface area contributed by atoms with Gasteiger partial charge in [-0.1, -0.05) is 12.1 Å². The second-order valence-corrected chi connectivity index (χ2v) is 6.89. The van der Waals surface area contributed by atoms with Crippen molar-refractivity contribution in [2.75, 3.05) is 36.4 Å². The van der Waals surface area contributed by atoms with Gasteiger partial charge in [-0.2, -0.15) is 0 Å². The van der Waals surface area contributed by atoms with Gasteiger partial charge in [-0.15, -0.1) is 0 Å². The molecule has 7 nitrogen and oxygen atoms in total. The van der Waals surface area contributed by atoms with Crippen LogP contribution in [0, 0.1) is 13.8 Å². The Labute approximate surface area is 164 Å². The number of furan rings is 1. The van der Waals surface area contributed by atoms with E-state index in [0.717, 1.165) is 17.3 Å². The van der Waals surface area contributed by atoms with Crippen molar-refractivity contribution in [1.82, 2.24) is 14.9 Å². The molecule has 0 aliphatic carbocycles. The Bertz CT molecular complexity index is 963. The van der Waals surface area contributed by atoms with E-state index in [0.29, 0.717) is 31.9 Å². The van der Waals surface area contributed by atoms with Crippen LogP contribution in [0.4, 0.5) is 17.3 Å². The van der Waals surface area contributed by atoms with Crippen LogP contribution in [0.2, 0.25) is 0 Å². The minimum absolute atomic E-state index is 0.0652. The van der Waals surface area contributed by atoms with Gasteiger partial charge in [0.05, 0.1) is 6.26 Å². The van der Waals surface area contributed by atoms with Gasteiger partial charge in [-0.25, -0.2) is 9.97 Å². The van der Waals surface area contributed by atoms with E-state index in [4.69, 9.17) is 4.42 Å². The summed E-state index contributed by atoms with van der Waals surface area (Å²) in [4.78, 5) is 25.1. The standard InChI is InChI=1S/C21H23N5O2/c1-15-5-3-6-17(16(15)2)24-19-13-20(23-14-22-19)25-8-10-26(11-9-25)21(27)18-7-4-12-28-18/h3-7,12-14H,8-11H2,1-2H3,(H,22,23,24). The van der Waals surface area contributed by atoms with E-state index in [-0.39, 0.29) is 5.91 Å². The zero-order chi connectivity index (χ0) is 19.5. The van der Waals surface area contributed by atoms with Crippen molar-refractivity contribution in [3.63, 3.8) is 0 Å². The molecule has 3 heterocycles. The zero-order valence-electron chi connectivity index (χ0n) is 16.1. The van der Waals surface area contributed by atoms with Gasteiger partial charge in [0.25, 0.3) is 5.91 Å². The van der Waals surface area contributed by atoms with Crippen molar-refractivity contribution in [3.8, 4) is 0 Å². The summed E-state index contributed by atoms with van der Waals surface area (Å²) in [5.74, 6) is 1.93. The van der Waals surface area contributed by atoms with E-state index >= 15 is 0 Å². The Morgan fingerprint density at radius 1 is 1.07 bits per heavy atom. The Balaban J connectivity index is 1.42. The van der Waals surface area contributed by atoms with Crippen LogP contribution in [0.3, 0.4) is 0 Å². The number of aryl methyl sites for hydroxylation is 1. The first-order valence-electron chi connectivity index (χ1n) is 9.35. The SMILES string of the molecule is Cc1cccc(Nc2cc(N3CCN(C(=O)c4ccco4)CC3)ncn2)c1C. The predicted octanol–water partition coefficient (Wildman–Crippen LogP) is 3.39. The summed E-state index contributed by atoms with van der Waals surface area (Å²) in [5.41, 5.74) is 3.47. The molecule has 0 bridgehead atoms. The van der Waals surface area contributed by atoms with Gasteiger partial charge in [0.1, 0.15) is 18.0 Å². The highest BCUT2D eigenvalue weighted by molar-refractivity contribution is 5.91. The zero-order valence-corrected chi connectivity index (χ0v) is 16.1. The molecule has 1 aliphatic rings. The lowest BCUT2D eigenvalue weighted by atomic mass is 10.1. The van der Waals surface area contributed by atoms with Crippen molar-refractivity contribution in [1.29, 1.82) is 0 Å². The molecule has 28 heavy (non-hydrogen) atoms. The number of nitrogens with one attached hydrogen (secondary N) is 1. The summed E-state index contributed by atoms with van der Waals surface area (Å²) in [6.45, 7) is 6.87. The highest BCUT2D eigenvalue weighted by atomic mass is 16.3. The largest absolute Gasteiger partial charge is 0.459 e. The third-order valence-corrected chi connectivity index (χ3v) is 5.14. The quantitative estimate of drug-likeness (QED) is 0.751. The third-order valence-electron chi connectivity index (χ3n) is 5.14. The van der Waals surface area contributed by atoms with Gasteiger partial charge in [0, 0.05) is 37.9 Å². The molecule has 1 aliphatic heterocycles. The molecular weight excluding hydrogens is 354 g/mol. The monoisotopic (exact) mass is 377 g/mol. The Kier molecular flexibility index (Phi) is 4.97. The van der Waals surface area contributed by atoms with Gasteiger partial charge in [-0.3, -0.25) is 4.79 Å². The summed E-state index contributed by atoms with van der Waals surface area (Å²) in [6.07, 6.45) is 3.10. The lowest BCUT2D eigenvalue weighted by molar-refractivity contribution is 0.0714. The fourth-order valence-corrected chi connectivity index (χ4v) is 3.31. The van der Waals surface area contributed by atoms with Crippen LogP contribution in [-0.2, 0) is 0 Å². The number of hydrogen-bond acceptors (Lipinski definition) is 6. The van der Waals surface area contributed by atoms with Crippen LogP contribution in [0.25, 0.3) is 0 Å². The molecule has 0 spiro atoms. The van der Waals surface area contributed by atoms with Crippen LogP contribution in [0.5, 0.6) is 0 Å². The number of amides is 1. The molecule has 1 fully saturated rings. The van der Waals surface area contributed by atoms with E-state index < -0.39 is 0 Å². The maximum atomic E-state index is 12.4. The number of piperazine rings is 1. The number of aromatic nitrogens is 2. The van der Waals surface area contributed by atoms with E-state index in [1.54, 1.807) is 18.5 Å². The third kappa shape index (κ3) is 3.69. The maximum Gasteiger partial charge on any atom is 0.289 e. The first-order chi connectivity index (χ1) is 13.6. The number of carbonyl (C=O) groups is 1. The summed E-state index contributed by atoms with van der Waals surface area (Å²) in [7, 11) is 0. The van der Waals surface area contributed by atoms with Gasteiger partial charge >= 0.3 is 0 Å². The number of anilines is 3. The molecule has 144 valence electrons. The first kappa shape index (κ1) is 18.0. The van der Waals surface area contributed by atoms with Crippen LogP contribution in [-0.4, -0.2) is 47.0 Å². The predicted molar refractivity (Wildman–Crippen MR) is 108 cm³/mol. The Morgan fingerprint density at radius 3 is 2.64 bits per heavy atom. The summed E-state index contributed by atoms with van der Waals surface area (Å²) in [6, 6.07) is 11.5. The smallest absolute Gasteiger partial charge is 0.289 e. The van der Waals surface area contributed by atoms with Crippen molar-refractivity contribution in [2.24, 2.45) is 0 Å². The van der Waals surface area contributed by atoms with Crippen molar-refractivity contribution >= 4 is 23.2 Å². The van der Waals surface area contributed by atoms with Crippen LogP contribution < -0.4 is 10.2 Å². The van der Waals surface area contributed by atoms with Crippen molar-refractivity contribution < 1.29 is 9.21 Å². The van der Waals surface area contributed by atoms with Crippen LogP contribution >= 0.6 is 0 Å². The van der Waals surface area contributed by atoms with Gasteiger partial charge < -0.3 is 19.5 Å². The fourth-order valence-electron chi connectivity index (χ4n) is 3.31. The number of benzene rings is 1. The minimum atomic E-state index is -0.0652. The number of rotatable bonds is 4. The molecule has 7 heteroatoms. The van der Waals surface area contributed by atoms with Gasteiger partial charge in [0.15, 0.2) is 5.76 Å². The molecule has 0 atom stereocenters. The van der Waals surface area contributed by atoms with Crippen molar-refractivity contribution in [2.45, 2.75) is 13.8 Å². The Morgan fingerprint density at radius 2 is 1.89 bits per heavy atom. The normalized spacial score (nSPS) is 14.2. The molecule has 1 N–H and O–H groups in total. The van der Waals surface area contributed by atoms with Gasteiger partial charge in [0.2, 0.25) is 0 Å². The molecule has 0 radical (unpaired) electrons. The summed E-state index contributed by atoms with van der Waals surface area (Å²) < 4.78 is 5.22. The molecule has 3 aromatic rings. The van der Waals surface area contributed by atoms with E-state index in [2.05, 4.69) is 40.1 Å². The summed E-state index contributed by atoms with van der Waals surface area (Å²) >= 11 is 0. The second kappa shape index (κ2) is 7.72. The molecule has 2 aromatic heterocycles. The molecule has 1 saturated heterocycles. The number of hydrogen-bond donors (Lipinski definition) is 1. The molecule has 1 amide bonds. The highest BCUT2D eigenvalue weighted by Gasteiger charge is 2.24. The maximum absolute atomic E-state index is 12.4. The Hall–Kier alpha value is -3.35. The highest BCUT2D eigenvalue weighted by Crippen LogP contribution is 2.24.